The fourth-order valence-corrected chi connectivity index (χ4v) is 1.39. The van der Waals surface area contributed by atoms with Gasteiger partial charge in [-0.05, 0) is 13.3 Å². The zero-order valence-electron chi connectivity index (χ0n) is 8.36. The monoisotopic (exact) mass is 215 g/mol. The summed E-state index contributed by atoms with van der Waals surface area (Å²) in [5, 5.41) is 0. The zero-order valence-corrected chi connectivity index (χ0v) is 8.36. The molecule has 4 heteroatoms. The lowest BCUT2D eigenvalue weighted by molar-refractivity contribution is 0.501. The largest absolute Gasteiger partial charge is 0.324 e. The maximum Gasteiger partial charge on any atom is 0.133 e. The topological polar surface area (TPSA) is 26.0 Å². The van der Waals surface area contributed by atoms with Gasteiger partial charge in [0, 0.05) is 23.7 Å². The molecule has 0 aliphatic rings. The van der Waals surface area contributed by atoms with Crippen LogP contribution in [-0.2, 0) is 0 Å². The first-order chi connectivity index (χ1) is 6.91. The molecule has 1 rings (SSSR count). The Labute approximate surface area is 86.4 Å². The van der Waals surface area contributed by atoms with Crippen molar-refractivity contribution >= 4 is 0 Å². The van der Waals surface area contributed by atoms with Crippen molar-refractivity contribution in [2.45, 2.75) is 19.4 Å². The van der Waals surface area contributed by atoms with Crippen molar-refractivity contribution in [1.29, 1.82) is 0 Å². The molecule has 0 fully saturated rings. The Morgan fingerprint density at radius 3 is 2.20 bits per heavy atom. The van der Waals surface area contributed by atoms with Crippen LogP contribution in [0.2, 0.25) is 0 Å². The fraction of sp³-hybridized carbons (Fsp3) is 0.273. The number of halogens is 3. The van der Waals surface area contributed by atoms with Gasteiger partial charge in [0.2, 0.25) is 0 Å². The van der Waals surface area contributed by atoms with E-state index in [0.717, 1.165) is 0 Å². The quantitative estimate of drug-likeness (QED) is 0.770. The van der Waals surface area contributed by atoms with Crippen LogP contribution in [0, 0.1) is 17.5 Å². The Bertz CT molecular complexity index is 364. The Kier molecular flexibility index (Phi) is 3.52. The molecule has 1 atom stereocenters. The van der Waals surface area contributed by atoms with Gasteiger partial charge in [-0.25, -0.2) is 13.2 Å². The minimum Gasteiger partial charge on any atom is -0.324 e. The van der Waals surface area contributed by atoms with E-state index in [2.05, 4.69) is 6.58 Å². The van der Waals surface area contributed by atoms with Gasteiger partial charge in [-0.2, -0.15) is 0 Å². The van der Waals surface area contributed by atoms with E-state index in [0.29, 0.717) is 17.7 Å². The smallest absolute Gasteiger partial charge is 0.133 e. The van der Waals surface area contributed by atoms with Crippen molar-refractivity contribution < 1.29 is 13.2 Å². The van der Waals surface area contributed by atoms with Crippen LogP contribution in [0.3, 0.4) is 0 Å². The highest BCUT2D eigenvalue weighted by atomic mass is 19.1. The Balaban J connectivity index is 3.08. The van der Waals surface area contributed by atoms with Gasteiger partial charge in [-0.15, -0.1) is 6.58 Å². The van der Waals surface area contributed by atoms with Crippen LogP contribution in [0.1, 0.15) is 24.9 Å². The number of benzene rings is 1. The number of rotatable bonds is 3. The van der Waals surface area contributed by atoms with Gasteiger partial charge >= 0.3 is 0 Å². The summed E-state index contributed by atoms with van der Waals surface area (Å²) in [6.07, 6.45) is 0.263. The van der Waals surface area contributed by atoms with E-state index in [4.69, 9.17) is 5.73 Å². The summed E-state index contributed by atoms with van der Waals surface area (Å²) in [4.78, 5) is 0. The summed E-state index contributed by atoms with van der Waals surface area (Å²) in [6.45, 7) is 5.31. The van der Waals surface area contributed by atoms with E-state index >= 15 is 0 Å². The van der Waals surface area contributed by atoms with Gasteiger partial charge in [0.05, 0.1) is 0 Å². The molecular weight excluding hydrogens is 203 g/mol. The molecule has 1 aromatic carbocycles. The fourth-order valence-electron chi connectivity index (χ4n) is 1.39. The molecule has 0 aromatic heterocycles. The summed E-state index contributed by atoms with van der Waals surface area (Å²) in [6, 6.07) is 0.413. The first-order valence-electron chi connectivity index (χ1n) is 4.46. The van der Waals surface area contributed by atoms with E-state index in [9.17, 15) is 13.2 Å². The maximum atomic E-state index is 13.2. The van der Waals surface area contributed by atoms with E-state index in [1.54, 1.807) is 6.92 Å². The van der Waals surface area contributed by atoms with Crippen molar-refractivity contribution in [2.24, 2.45) is 5.73 Å². The lowest BCUT2D eigenvalue weighted by Gasteiger charge is -2.13. The molecule has 1 aromatic rings. The molecule has 0 heterocycles. The van der Waals surface area contributed by atoms with E-state index in [1.165, 1.54) is 0 Å². The molecule has 0 unspecified atom stereocenters. The van der Waals surface area contributed by atoms with Gasteiger partial charge < -0.3 is 5.73 Å². The van der Waals surface area contributed by atoms with Crippen molar-refractivity contribution in [2.75, 3.05) is 0 Å². The second-order valence-corrected chi connectivity index (χ2v) is 3.55. The minimum absolute atomic E-state index is 0.263. The average Bonchev–Trinajstić information content (AvgIpc) is 1.99. The molecule has 0 spiro atoms. The van der Waals surface area contributed by atoms with Gasteiger partial charge in [0.25, 0.3) is 0 Å². The molecule has 0 saturated heterocycles. The van der Waals surface area contributed by atoms with Crippen LogP contribution in [0.5, 0.6) is 0 Å². The molecule has 1 nitrogen and oxygen atoms in total. The SMILES string of the molecule is C=C(C)C[C@H](N)c1c(F)cc(F)cc1F. The van der Waals surface area contributed by atoms with Crippen LogP contribution >= 0.6 is 0 Å². The normalized spacial score (nSPS) is 12.6. The van der Waals surface area contributed by atoms with Crippen LogP contribution < -0.4 is 5.73 Å². The van der Waals surface area contributed by atoms with Gasteiger partial charge in [-0.3, -0.25) is 0 Å². The molecule has 0 amide bonds. The molecule has 0 aliphatic carbocycles. The Morgan fingerprint density at radius 2 is 1.80 bits per heavy atom. The van der Waals surface area contributed by atoms with Crippen molar-refractivity contribution in [3.8, 4) is 0 Å². The van der Waals surface area contributed by atoms with Crippen molar-refractivity contribution in [3.63, 3.8) is 0 Å². The number of hydrogen-bond donors (Lipinski definition) is 1. The first-order valence-corrected chi connectivity index (χ1v) is 4.46. The highest BCUT2D eigenvalue weighted by Gasteiger charge is 2.18. The summed E-state index contributed by atoms with van der Waals surface area (Å²) >= 11 is 0. The number of nitrogens with two attached hydrogens (primary N) is 1. The Morgan fingerprint density at radius 1 is 1.33 bits per heavy atom. The summed E-state index contributed by atoms with van der Waals surface area (Å²) < 4.78 is 39.0. The van der Waals surface area contributed by atoms with Crippen LogP contribution in [0.4, 0.5) is 13.2 Å². The summed E-state index contributed by atoms with van der Waals surface area (Å²) in [7, 11) is 0. The van der Waals surface area contributed by atoms with Gasteiger partial charge in [0.1, 0.15) is 17.5 Å². The average molecular weight is 215 g/mol. The molecular formula is C11H12F3N. The highest BCUT2D eigenvalue weighted by molar-refractivity contribution is 5.25. The second-order valence-electron chi connectivity index (χ2n) is 3.55. The third-order valence-electron chi connectivity index (χ3n) is 1.98. The predicted molar refractivity (Wildman–Crippen MR) is 52.7 cm³/mol. The van der Waals surface area contributed by atoms with Gasteiger partial charge in [-0.1, -0.05) is 5.57 Å². The van der Waals surface area contributed by atoms with Gasteiger partial charge in [0.15, 0.2) is 0 Å². The molecule has 0 radical (unpaired) electrons. The second kappa shape index (κ2) is 4.49. The molecule has 0 saturated carbocycles. The first kappa shape index (κ1) is 11.8. The highest BCUT2D eigenvalue weighted by Crippen LogP contribution is 2.24. The predicted octanol–water partition coefficient (Wildman–Crippen LogP) is 3.07. The lowest BCUT2D eigenvalue weighted by atomic mass is 10.00. The lowest BCUT2D eigenvalue weighted by Crippen LogP contribution is -2.14. The Hall–Kier alpha value is -1.29. The third-order valence-corrected chi connectivity index (χ3v) is 1.98. The van der Waals surface area contributed by atoms with Crippen molar-refractivity contribution in [1.82, 2.24) is 0 Å². The van der Waals surface area contributed by atoms with E-state index < -0.39 is 23.5 Å². The third kappa shape index (κ3) is 2.83. The molecule has 82 valence electrons. The van der Waals surface area contributed by atoms with E-state index in [-0.39, 0.29) is 12.0 Å². The van der Waals surface area contributed by atoms with Crippen LogP contribution in [0.15, 0.2) is 24.3 Å². The molecule has 0 aliphatic heterocycles. The standard InChI is InChI=1S/C11H12F3N/c1-6(2)3-10(15)11-8(13)4-7(12)5-9(11)14/h4-5,10H,1,3,15H2,2H3/t10-/m0/s1. The summed E-state index contributed by atoms with van der Waals surface area (Å²) in [5.74, 6) is -2.86. The van der Waals surface area contributed by atoms with E-state index in [1.807, 2.05) is 0 Å². The molecule has 0 bridgehead atoms. The number of hydrogen-bond acceptors (Lipinski definition) is 1. The molecule has 15 heavy (non-hydrogen) atoms. The van der Waals surface area contributed by atoms with Crippen molar-refractivity contribution in [3.05, 3.63) is 47.3 Å². The zero-order chi connectivity index (χ0) is 11.6. The van der Waals surface area contributed by atoms with Crippen LogP contribution in [0.25, 0.3) is 0 Å². The molecule has 2 N–H and O–H groups in total. The maximum absolute atomic E-state index is 13.2. The summed E-state index contributed by atoms with van der Waals surface area (Å²) in [5.41, 5.74) is 6.01. The van der Waals surface area contributed by atoms with Crippen LogP contribution in [-0.4, -0.2) is 0 Å². The minimum atomic E-state index is -0.957.